The zero-order valence-corrected chi connectivity index (χ0v) is 17.7. The Morgan fingerprint density at radius 1 is 1.03 bits per heavy atom. The zero-order valence-electron chi connectivity index (χ0n) is 17.0. The predicted molar refractivity (Wildman–Crippen MR) is 122 cm³/mol. The first-order valence-corrected chi connectivity index (χ1v) is 10.2. The summed E-state index contributed by atoms with van der Waals surface area (Å²) in [7, 11) is 1.56. The fraction of sp³-hybridized carbons (Fsp3) is 0.120. The maximum atomic E-state index is 11.5. The van der Waals surface area contributed by atoms with Crippen molar-refractivity contribution in [3.63, 3.8) is 0 Å². The van der Waals surface area contributed by atoms with Crippen LogP contribution in [-0.2, 0) is 13.0 Å². The predicted octanol–water partition coefficient (Wildman–Crippen LogP) is 5.82. The molecule has 0 radical (unpaired) electrons. The summed E-state index contributed by atoms with van der Waals surface area (Å²) in [6, 6.07) is 24.5. The van der Waals surface area contributed by atoms with Crippen molar-refractivity contribution < 1.29 is 14.6 Å². The van der Waals surface area contributed by atoms with Gasteiger partial charge >= 0.3 is 5.97 Å². The summed E-state index contributed by atoms with van der Waals surface area (Å²) >= 11 is 6.07. The standard InChI is InChI=1S/C25H21ClN2O3/c1-31-24-12-9-19(25(29)30)15-21(24)22-16-23(18-7-10-20(26)11-8-18)28(27-22)14-13-17-5-3-2-4-6-17/h2-12,15-16H,13-14H2,1H3,(H,29,30). The van der Waals surface area contributed by atoms with Gasteiger partial charge in [-0.25, -0.2) is 4.79 Å². The van der Waals surface area contributed by atoms with Crippen molar-refractivity contribution in [2.45, 2.75) is 13.0 Å². The number of aryl methyl sites for hydroxylation is 2. The minimum atomic E-state index is -0.995. The second kappa shape index (κ2) is 9.06. The third kappa shape index (κ3) is 4.62. The number of ether oxygens (including phenoxy) is 1. The molecule has 3 aromatic carbocycles. The minimum Gasteiger partial charge on any atom is -0.496 e. The molecule has 0 saturated carbocycles. The van der Waals surface area contributed by atoms with E-state index in [1.807, 2.05) is 53.2 Å². The molecular weight excluding hydrogens is 412 g/mol. The second-order valence-corrected chi connectivity index (χ2v) is 7.54. The molecule has 6 heteroatoms. The van der Waals surface area contributed by atoms with Crippen molar-refractivity contribution >= 4 is 17.6 Å². The summed E-state index contributed by atoms with van der Waals surface area (Å²) in [5, 5.41) is 14.9. The Bertz CT molecular complexity index is 1200. The monoisotopic (exact) mass is 432 g/mol. The number of rotatable bonds is 7. The van der Waals surface area contributed by atoms with Crippen molar-refractivity contribution in [2.24, 2.45) is 0 Å². The highest BCUT2D eigenvalue weighted by Crippen LogP contribution is 2.33. The van der Waals surface area contributed by atoms with Crippen LogP contribution in [0.3, 0.4) is 0 Å². The number of aromatic nitrogens is 2. The van der Waals surface area contributed by atoms with E-state index >= 15 is 0 Å². The molecule has 4 rings (SSSR count). The van der Waals surface area contributed by atoms with E-state index in [1.54, 1.807) is 19.2 Å². The number of carboxylic acids is 1. The second-order valence-electron chi connectivity index (χ2n) is 7.10. The molecule has 0 atom stereocenters. The number of hydrogen-bond donors (Lipinski definition) is 1. The van der Waals surface area contributed by atoms with Crippen LogP contribution in [0.2, 0.25) is 5.02 Å². The van der Waals surface area contributed by atoms with Gasteiger partial charge in [0, 0.05) is 17.1 Å². The van der Waals surface area contributed by atoms with Gasteiger partial charge in [0.2, 0.25) is 0 Å². The van der Waals surface area contributed by atoms with E-state index in [0.717, 1.165) is 17.7 Å². The molecule has 156 valence electrons. The smallest absolute Gasteiger partial charge is 0.335 e. The van der Waals surface area contributed by atoms with Crippen molar-refractivity contribution in [1.29, 1.82) is 0 Å². The number of nitrogens with zero attached hydrogens (tertiary/aromatic N) is 2. The van der Waals surface area contributed by atoms with Crippen LogP contribution in [0.5, 0.6) is 5.75 Å². The van der Waals surface area contributed by atoms with Crippen molar-refractivity contribution in [3.05, 3.63) is 95.0 Å². The molecule has 0 aliphatic heterocycles. The molecule has 0 fully saturated rings. The van der Waals surface area contributed by atoms with Gasteiger partial charge in [0.25, 0.3) is 0 Å². The van der Waals surface area contributed by atoms with Gasteiger partial charge in [-0.15, -0.1) is 0 Å². The number of aromatic carboxylic acids is 1. The van der Waals surface area contributed by atoms with Gasteiger partial charge in [-0.05, 0) is 53.9 Å². The molecular formula is C25H21ClN2O3. The average Bonchev–Trinajstić information content (AvgIpc) is 3.22. The Morgan fingerprint density at radius 3 is 2.45 bits per heavy atom. The highest BCUT2D eigenvalue weighted by atomic mass is 35.5. The van der Waals surface area contributed by atoms with E-state index in [9.17, 15) is 9.90 Å². The number of halogens is 1. The summed E-state index contributed by atoms with van der Waals surface area (Å²) in [6.07, 6.45) is 0.814. The molecule has 0 aliphatic carbocycles. The van der Waals surface area contributed by atoms with E-state index in [0.29, 0.717) is 28.6 Å². The fourth-order valence-electron chi connectivity index (χ4n) is 3.49. The van der Waals surface area contributed by atoms with Crippen LogP contribution < -0.4 is 4.74 Å². The Morgan fingerprint density at radius 2 is 1.77 bits per heavy atom. The Balaban J connectivity index is 1.78. The zero-order chi connectivity index (χ0) is 21.8. The molecule has 0 saturated heterocycles. The van der Waals surface area contributed by atoms with Gasteiger partial charge in [0.1, 0.15) is 5.75 Å². The fourth-order valence-corrected chi connectivity index (χ4v) is 3.62. The van der Waals surface area contributed by atoms with E-state index in [-0.39, 0.29) is 5.56 Å². The molecule has 0 aliphatic rings. The maximum absolute atomic E-state index is 11.5. The summed E-state index contributed by atoms with van der Waals surface area (Å²) in [4.78, 5) is 11.5. The van der Waals surface area contributed by atoms with Crippen molar-refractivity contribution in [1.82, 2.24) is 9.78 Å². The Labute approximate surface area is 185 Å². The van der Waals surface area contributed by atoms with E-state index in [4.69, 9.17) is 21.4 Å². The van der Waals surface area contributed by atoms with Crippen molar-refractivity contribution in [2.75, 3.05) is 7.11 Å². The molecule has 5 nitrogen and oxygen atoms in total. The highest BCUT2D eigenvalue weighted by molar-refractivity contribution is 6.30. The molecule has 0 bridgehead atoms. The summed E-state index contributed by atoms with van der Waals surface area (Å²) in [6.45, 7) is 0.670. The first kappa shape index (κ1) is 20.7. The van der Waals surface area contributed by atoms with Crippen LogP contribution in [-0.4, -0.2) is 28.0 Å². The molecule has 0 unspecified atom stereocenters. The van der Waals surface area contributed by atoms with E-state index in [1.165, 1.54) is 11.6 Å². The lowest BCUT2D eigenvalue weighted by Crippen LogP contribution is -2.05. The molecule has 31 heavy (non-hydrogen) atoms. The van der Waals surface area contributed by atoms with Crippen LogP contribution in [0.15, 0.2) is 78.9 Å². The van der Waals surface area contributed by atoms with Crippen LogP contribution in [0.1, 0.15) is 15.9 Å². The van der Waals surface area contributed by atoms with Crippen LogP contribution in [0, 0.1) is 0 Å². The largest absolute Gasteiger partial charge is 0.496 e. The normalized spacial score (nSPS) is 10.8. The number of hydrogen-bond acceptors (Lipinski definition) is 3. The maximum Gasteiger partial charge on any atom is 0.335 e. The van der Waals surface area contributed by atoms with Gasteiger partial charge in [0.05, 0.1) is 24.1 Å². The molecule has 1 aromatic heterocycles. The van der Waals surface area contributed by atoms with Crippen molar-refractivity contribution in [3.8, 4) is 28.3 Å². The lowest BCUT2D eigenvalue weighted by molar-refractivity contribution is 0.0697. The number of benzene rings is 3. The van der Waals surface area contributed by atoms with Gasteiger partial charge in [-0.3, -0.25) is 4.68 Å². The SMILES string of the molecule is COc1ccc(C(=O)O)cc1-c1cc(-c2ccc(Cl)cc2)n(CCc2ccccc2)n1. The number of methoxy groups -OCH3 is 1. The minimum absolute atomic E-state index is 0.183. The van der Waals surface area contributed by atoms with Crippen LogP contribution >= 0.6 is 11.6 Å². The topological polar surface area (TPSA) is 64.3 Å². The third-order valence-corrected chi connectivity index (χ3v) is 5.35. The number of carbonyl (C=O) groups is 1. The van der Waals surface area contributed by atoms with Gasteiger partial charge in [-0.1, -0.05) is 54.1 Å². The number of carboxylic acid groups (broad SMARTS) is 1. The first-order valence-electron chi connectivity index (χ1n) is 9.84. The van der Waals surface area contributed by atoms with E-state index < -0.39 is 5.97 Å². The van der Waals surface area contributed by atoms with Gasteiger partial charge in [-0.2, -0.15) is 5.10 Å². The first-order chi connectivity index (χ1) is 15.0. The lowest BCUT2D eigenvalue weighted by atomic mass is 10.1. The van der Waals surface area contributed by atoms with Crippen LogP contribution in [0.4, 0.5) is 0 Å². The van der Waals surface area contributed by atoms with Gasteiger partial charge < -0.3 is 9.84 Å². The summed E-state index contributed by atoms with van der Waals surface area (Å²) < 4.78 is 7.42. The molecule has 0 amide bonds. The van der Waals surface area contributed by atoms with Crippen LogP contribution in [0.25, 0.3) is 22.5 Å². The third-order valence-electron chi connectivity index (χ3n) is 5.10. The highest BCUT2D eigenvalue weighted by Gasteiger charge is 2.17. The average molecular weight is 433 g/mol. The summed E-state index contributed by atoms with van der Waals surface area (Å²) in [5.74, 6) is -0.425. The molecule has 0 spiro atoms. The quantitative estimate of drug-likeness (QED) is 0.399. The Kier molecular flexibility index (Phi) is 6.05. The van der Waals surface area contributed by atoms with E-state index in [2.05, 4.69) is 12.1 Å². The molecule has 4 aromatic rings. The molecule has 1 N–H and O–H groups in total. The lowest BCUT2D eigenvalue weighted by Gasteiger charge is -2.08. The summed E-state index contributed by atoms with van der Waals surface area (Å²) in [5.41, 5.74) is 4.58. The molecule has 1 heterocycles. The van der Waals surface area contributed by atoms with Gasteiger partial charge in [0.15, 0.2) is 0 Å². The Hall–Kier alpha value is -3.57.